The molecule has 0 aliphatic heterocycles. The first-order chi connectivity index (χ1) is 7.84. The molecule has 0 aromatic heterocycles. The summed E-state index contributed by atoms with van der Waals surface area (Å²) in [6.07, 6.45) is -3.44. The molecule has 0 saturated carbocycles. The average Bonchev–Trinajstić information content (AvgIpc) is 2.55. The van der Waals surface area contributed by atoms with Gasteiger partial charge < -0.3 is 4.74 Å². The molecule has 1 aliphatic carbocycles. The number of nitrogens with zero attached hydrogens (tertiary/aromatic N) is 1. The van der Waals surface area contributed by atoms with Crippen LogP contribution in [-0.2, 0) is 11.8 Å². The number of alkyl halides is 3. The lowest BCUT2D eigenvalue weighted by Gasteiger charge is -2.16. The Morgan fingerprint density at radius 2 is 2.12 bits per heavy atom. The van der Waals surface area contributed by atoms with E-state index >= 15 is 0 Å². The van der Waals surface area contributed by atoms with Gasteiger partial charge in [0, 0.05) is 0 Å². The summed E-state index contributed by atoms with van der Waals surface area (Å²) in [6, 6.07) is 6.37. The van der Waals surface area contributed by atoms with Crippen molar-refractivity contribution in [3.05, 3.63) is 29.3 Å². The van der Waals surface area contributed by atoms with Crippen molar-refractivity contribution >= 4 is 0 Å². The number of halogens is 3. The predicted octanol–water partition coefficient (Wildman–Crippen LogP) is 3.31. The van der Waals surface area contributed by atoms with Crippen molar-refractivity contribution in [3.63, 3.8) is 0 Å². The summed E-state index contributed by atoms with van der Waals surface area (Å²) in [6.45, 7) is 1.79. The van der Waals surface area contributed by atoms with Crippen LogP contribution in [0.1, 0.15) is 24.5 Å². The number of rotatable bonds is 1. The topological polar surface area (TPSA) is 33.0 Å². The van der Waals surface area contributed by atoms with E-state index in [9.17, 15) is 13.2 Å². The number of hydrogen-bond acceptors (Lipinski definition) is 2. The zero-order chi connectivity index (χ0) is 12.7. The van der Waals surface area contributed by atoms with Gasteiger partial charge in [0.25, 0.3) is 0 Å². The average molecular weight is 241 g/mol. The second kappa shape index (κ2) is 3.66. The summed E-state index contributed by atoms with van der Waals surface area (Å²) in [7, 11) is 0. The molecule has 0 spiro atoms. The van der Waals surface area contributed by atoms with Gasteiger partial charge in [0.2, 0.25) is 0 Å². The minimum Gasteiger partial charge on any atom is -0.406 e. The van der Waals surface area contributed by atoms with Crippen LogP contribution in [0.25, 0.3) is 0 Å². The SMILES string of the molecule is CC1(C#N)CCc2cc(OC(F)(F)F)ccc21. The quantitative estimate of drug-likeness (QED) is 0.755. The first-order valence-electron chi connectivity index (χ1n) is 5.14. The van der Waals surface area contributed by atoms with Crippen LogP contribution in [0.3, 0.4) is 0 Å². The number of nitriles is 1. The highest BCUT2D eigenvalue weighted by Gasteiger charge is 2.36. The van der Waals surface area contributed by atoms with Gasteiger partial charge >= 0.3 is 6.36 Å². The molecule has 1 aromatic carbocycles. The number of ether oxygens (including phenoxy) is 1. The highest BCUT2D eigenvalue weighted by molar-refractivity contribution is 5.46. The maximum absolute atomic E-state index is 12.0. The summed E-state index contributed by atoms with van der Waals surface area (Å²) in [5, 5.41) is 9.07. The van der Waals surface area contributed by atoms with Crippen LogP contribution in [0.2, 0.25) is 0 Å². The van der Waals surface area contributed by atoms with Crippen molar-refractivity contribution in [1.29, 1.82) is 5.26 Å². The number of aryl methyl sites for hydroxylation is 1. The third kappa shape index (κ3) is 2.21. The van der Waals surface area contributed by atoms with E-state index in [0.717, 1.165) is 11.1 Å². The summed E-state index contributed by atoms with van der Waals surface area (Å²) >= 11 is 0. The lowest BCUT2D eigenvalue weighted by atomic mass is 9.86. The largest absolute Gasteiger partial charge is 0.573 e. The van der Waals surface area contributed by atoms with Crippen LogP contribution < -0.4 is 4.74 Å². The van der Waals surface area contributed by atoms with E-state index in [2.05, 4.69) is 10.8 Å². The Morgan fingerprint density at radius 1 is 1.41 bits per heavy atom. The van der Waals surface area contributed by atoms with Crippen molar-refractivity contribution in [2.24, 2.45) is 0 Å². The van der Waals surface area contributed by atoms with Gasteiger partial charge in [-0.05, 0) is 43.0 Å². The monoisotopic (exact) mass is 241 g/mol. The van der Waals surface area contributed by atoms with Gasteiger partial charge in [-0.15, -0.1) is 13.2 Å². The van der Waals surface area contributed by atoms with Gasteiger partial charge in [0.05, 0.1) is 11.5 Å². The highest BCUT2D eigenvalue weighted by atomic mass is 19.4. The second-order valence-corrected chi connectivity index (χ2v) is 4.31. The Balaban J connectivity index is 2.33. The van der Waals surface area contributed by atoms with E-state index in [1.165, 1.54) is 12.1 Å². The molecule has 5 heteroatoms. The Kier molecular flexibility index (Phi) is 2.53. The van der Waals surface area contributed by atoms with Gasteiger partial charge in [-0.1, -0.05) is 6.07 Å². The minimum absolute atomic E-state index is 0.224. The highest BCUT2D eigenvalue weighted by Crippen LogP contribution is 2.40. The van der Waals surface area contributed by atoms with Crippen molar-refractivity contribution in [3.8, 4) is 11.8 Å². The normalized spacial score (nSPS) is 23.0. The molecular formula is C12H10F3NO. The zero-order valence-electron chi connectivity index (χ0n) is 9.14. The van der Waals surface area contributed by atoms with Crippen LogP contribution in [0.5, 0.6) is 5.75 Å². The van der Waals surface area contributed by atoms with E-state index in [1.54, 1.807) is 13.0 Å². The van der Waals surface area contributed by atoms with Gasteiger partial charge in [0.1, 0.15) is 5.75 Å². The van der Waals surface area contributed by atoms with Gasteiger partial charge in [-0.25, -0.2) is 0 Å². The number of benzene rings is 1. The Bertz CT molecular complexity index is 490. The van der Waals surface area contributed by atoms with Crippen molar-refractivity contribution in [1.82, 2.24) is 0 Å². The lowest BCUT2D eigenvalue weighted by Crippen LogP contribution is -2.18. The van der Waals surface area contributed by atoms with Gasteiger partial charge in [0.15, 0.2) is 0 Å². The lowest BCUT2D eigenvalue weighted by molar-refractivity contribution is -0.274. The van der Waals surface area contributed by atoms with E-state index in [0.29, 0.717) is 12.8 Å². The summed E-state index contributed by atoms with van der Waals surface area (Å²) < 4.78 is 40.0. The van der Waals surface area contributed by atoms with Crippen LogP contribution >= 0.6 is 0 Å². The molecule has 0 amide bonds. The van der Waals surface area contributed by atoms with Gasteiger partial charge in [-0.3, -0.25) is 0 Å². The van der Waals surface area contributed by atoms with Crippen LogP contribution in [0.4, 0.5) is 13.2 Å². The molecule has 0 heterocycles. The Labute approximate surface area is 96.6 Å². The molecule has 2 nitrogen and oxygen atoms in total. The molecule has 1 unspecified atom stereocenters. The molecule has 2 rings (SSSR count). The summed E-state index contributed by atoms with van der Waals surface area (Å²) in [5.74, 6) is -0.224. The second-order valence-electron chi connectivity index (χ2n) is 4.31. The fourth-order valence-corrected chi connectivity index (χ4v) is 2.15. The van der Waals surface area contributed by atoms with E-state index in [4.69, 9.17) is 5.26 Å². The molecule has 0 bridgehead atoms. The summed E-state index contributed by atoms with van der Waals surface area (Å²) in [4.78, 5) is 0. The standard InChI is InChI=1S/C12H10F3NO/c1-11(7-16)5-4-8-6-9(2-3-10(8)11)17-12(13,14)15/h2-3,6H,4-5H2,1H3. The predicted molar refractivity (Wildman–Crippen MR) is 54.4 cm³/mol. The first-order valence-corrected chi connectivity index (χ1v) is 5.14. The van der Waals surface area contributed by atoms with E-state index < -0.39 is 11.8 Å². The minimum atomic E-state index is -4.68. The molecule has 0 saturated heterocycles. The van der Waals surface area contributed by atoms with E-state index in [-0.39, 0.29) is 5.75 Å². The first kappa shape index (κ1) is 11.8. The Hall–Kier alpha value is -1.70. The molecule has 1 aliphatic rings. The summed E-state index contributed by atoms with van der Waals surface area (Å²) in [5.41, 5.74) is 0.969. The fourth-order valence-electron chi connectivity index (χ4n) is 2.15. The molecule has 17 heavy (non-hydrogen) atoms. The van der Waals surface area contributed by atoms with Gasteiger partial charge in [-0.2, -0.15) is 5.26 Å². The van der Waals surface area contributed by atoms with Crippen LogP contribution in [0, 0.1) is 11.3 Å². The maximum Gasteiger partial charge on any atom is 0.573 e. The van der Waals surface area contributed by atoms with Crippen molar-refractivity contribution < 1.29 is 17.9 Å². The van der Waals surface area contributed by atoms with E-state index in [1.807, 2.05) is 0 Å². The van der Waals surface area contributed by atoms with Crippen LogP contribution in [0.15, 0.2) is 18.2 Å². The van der Waals surface area contributed by atoms with Crippen molar-refractivity contribution in [2.45, 2.75) is 31.5 Å². The Morgan fingerprint density at radius 3 is 2.71 bits per heavy atom. The molecular weight excluding hydrogens is 231 g/mol. The molecule has 0 fully saturated rings. The molecule has 1 aromatic rings. The molecule has 1 atom stereocenters. The molecule has 90 valence electrons. The number of hydrogen-bond donors (Lipinski definition) is 0. The fraction of sp³-hybridized carbons (Fsp3) is 0.417. The molecule has 0 radical (unpaired) electrons. The number of fused-ring (bicyclic) bond motifs is 1. The third-order valence-electron chi connectivity index (χ3n) is 3.05. The maximum atomic E-state index is 12.0. The third-order valence-corrected chi connectivity index (χ3v) is 3.05. The molecule has 0 N–H and O–H groups in total. The smallest absolute Gasteiger partial charge is 0.406 e. The van der Waals surface area contributed by atoms with Crippen LogP contribution in [-0.4, -0.2) is 6.36 Å². The zero-order valence-corrected chi connectivity index (χ0v) is 9.14. The van der Waals surface area contributed by atoms with Crippen molar-refractivity contribution in [2.75, 3.05) is 0 Å².